The van der Waals surface area contributed by atoms with Gasteiger partial charge >= 0.3 is 0 Å². The topological polar surface area (TPSA) is 62.6 Å². The molecule has 1 aliphatic rings. The van der Waals surface area contributed by atoms with Crippen molar-refractivity contribution in [2.75, 3.05) is 19.6 Å². The van der Waals surface area contributed by atoms with E-state index in [-0.39, 0.29) is 18.4 Å². The first-order valence-corrected chi connectivity index (χ1v) is 5.77. The third-order valence-electron chi connectivity index (χ3n) is 2.40. The Labute approximate surface area is 101 Å². The molecular formula is C10H11BrN2O3. The molecule has 2 rings (SSSR count). The highest BCUT2D eigenvalue weighted by molar-refractivity contribution is 9.10. The summed E-state index contributed by atoms with van der Waals surface area (Å²) in [6.45, 7) is 1.31. The van der Waals surface area contributed by atoms with Gasteiger partial charge < -0.3 is 14.6 Å². The lowest BCUT2D eigenvalue weighted by Gasteiger charge is -2.18. The van der Waals surface area contributed by atoms with Gasteiger partial charge in [0.2, 0.25) is 5.91 Å². The van der Waals surface area contributed by atoms with Crippen molar-refractivity contribution in [2.24, 2.45) is 0 Å². The summed E-state index contributed by atoms with van der Waals surface area (Å²) in [4.78, 5) is 24.9. The van der Waals surface area contributed by atoms with Crippen LogP contribution >= 0.6 is 15.9 Å². The number of halogens is 1. The van der Waals surface area contributed by atoms with Crippen molar-refractivity contribution in [3.63, 3.8) is 0 Å². The quantitative estimate of drug-likeness (QED) is 0.838. The highest BCUT2D eigenvalue weighted by Crippen LogP contribution is 2.19. The molecule has 1 aromatic rings. The minimum Gasteiger partial charge on any atom is -0.457 e. The van der Waals surface area contributed by atoms with Gasteiger partial charge in [-0.1, -0.05) is 0 Å². The zero-order valence-corrected chi connectivity index (χ0v) is 10.1. The van der Waals surface area contributed by atoms with Crippen LogP contribution in [-0.4, -0.2) is 36.3 Å². The minimum atomic E-state index is -0.183. The van der Waals surface area contributed by atoms with E-state index in [2.05, 4.69) is 21.2 Å². The number of rotatable bonds is 1. The first-order chi connectivity index (χ1) is 7.68. The maximum atomic E-state index is 12.0. The van der Waals surface area contributed by atoms with Gasteiger partial charge in [0.25, 0.3) is 5.91 Å². The maximum Gasteiger partial charge on any atom is 0.258 e. The van der Waals surface area contributed by atoms with Crippen LogP contribution < -0.4 is 5.32 Å². The summed E-state index contributed by atoms with van der Waals surface area (Å²) >= 11 is 3.15. The summed E-state index contributed by atoms with van der Waals surface area (Å²) in [6.07, 6.45) is 2.21. The van der Waals surface area contributed by atoms with Crippen LogP contribution in [0, 0.1) is 0 Å². The summed E-state index contributed by atoms with van der Waals surface area (Å²) in [6, 6.07) is 1.59. The van der Waals surface area contributed by atoms with Gasteiger partial charge in [0.05, 0.1) is 18.4 Å². The second-order valence-corrected chi connectivity index (χ2v) is 4.26. The zero-order chi connectivity index (χ0) is 11.5. The Morgan fingerprint density at radius 1 is 1.56 bits per heavy atom. The van der Waals surface area contributed by atoms with Gasteiger partial charge in [-0.05, 0) is 28.4 Å². The average Bonchev–Trinajstić information content (AvgIpc) is 2.55. The van der Waals surface area contributed by atoms with E-state index >= 15 is 0 Å². The molecule has 0 unspecified atom stereocenters. The molecule has 0 saturated carbocycles. The summed E-state index contributed by atoms with van der Waals surface area (Å²) < 4.78 is 5.41. The molecule has 0 atom stereocenters. The standard InChI is InChI=1S/C10H11BrN2O3/c11-9-7(2-5-16-9)10(15)13-4-1-3-12-8(14)6-13/h2,5H,1,3-4,6H2,(H,12,14). The van der Waals surface area contributed by atoms with Crippen molar-refractivity contribution in [2.45, 2.75) is 6.42 Å². The maximum absolute atomic E-state index is 12.0. The number of furan rings is 1. The second kappa shape index (κ2) is 4.69. The molecule has 2 heterocycles. The molecule has 0 bridgehead atoms. The van der Waals surface area contributed by atoms with Gasteiger partial charge in [-0.3, -0.25) is 9.59 Å². The summed E-state index contributed by atoms with van der Waals surface area (Å²) in [7, 11) is 0. The van der Waals surface area contributed by atoms with Gasteiger partial charge in [-0.25, -0.2) is 0 Å². The minimum absolute atomic E-state index is 0.108. The lowest BCUT2D eigenvalue weighted by Crippen LogP contribution is -2.37. The van der Waals surface area contributed by atoms with Crippen molar-refractivity contribution in [1.29, 1.82) is 0 Å². The van der Waals surface area contributed by atoms with E-state index in [1.54, 1.807) is 6.07 Å². The summed E-state index contributed by atoms with van der Waals surface area (Å²) in [5.74, 6) is -0.303. The van der Waals surface area contributed by atoms with Crippen LogP contribution in [0.5, 0.6) is 0 Å². The van der Waals surface area contributed by atoms with Crippen LogP contribution in [0.3, 0.4) is 0 Å². The number of nitrogens with zero attached hydrogens (tertiary/aromatic N) is 1. The fourth-order valence-electron chi connectivity index (χ4n) is 1.60. The molecule has 1 aliphatic heterocycles. The molecule has 0 aromatic carbocycles. The van der Waals surface area contributed by atoms with E-state index in [1.807, 2.05) is 0 Å². The Morgan fingerprint density at radius 3 is 3.06 bits per heavy atom. The monoisotopic (exact) mass is 286 g/mol. The number of hydrogen-bond donors (Lipinski definition) is 1. The molecule has 1 fully saturated rings. The summed E-state index contributed by atoms with van der Waals surface area (Å²) in [5, 5.41) is 2.72. The molecule has 1 N–H and O–H groups in total. The van der Waals surface area contributed by atoms with Gasteiger partial charge in [0.1, 0.15) is 0 Å². The first-order valence-electron chi connectivity index (χ1n) is 4.97. The fraction of sp³-hybridized carbons (Fsp3) is 0.400. The molecule has 1 saturated heterocycles. The van der Waals surface area contributed by atoms with E-state index in [4.69, 9.17) is 4.42 Å². The number of carbonyl (C=O) groups excluding carboxylic acids is 2. The van der Waals surface area contributed by atoms with E-state index < -0.39 is 0 Å². The summed E-state index contributed by atoms with van der Waals surface area (Å²) in [5.41, 5.74) is 0.453. The molecule has 0 aliphatic carbocycles. The predicted octanol–water partition coefficient (Wildman–Crippen LogP) is 1.00. The normalized spacial score (nSPS) is 16.8. The second-order valence-electron chi connectivity index (χ2n) is 3.54. The van der Waals surface area contributed by atoms with Crippen molar-refractivity contribution in [3.8, 4) is 0 Å². The Hall–Kier alpha value is -1.30. The molecule has 2 amide bonds. The molecule has 6 heteroatoms. The van der Waals surface area contributed by atoms with E-state index in [9.17, 15) is 9.59 Å². The molecule has 16 heavy (non-hydrogen) atoms. The number of hydrogen-bond acceptors (Lipinski definition) is 3. The zero-order valence-electron chi connectivity index (χ0n) is 8.53. The number of amides is 2. The van der Waals surface area contributed by atoms with Crippen molar-refractivity contribution >= 4 is 27.7 Å². The molecule has 0 spiro atoms. The molecular weight excluding hydrogens is 276 g/mol. The Kier molecular flexibility index (Phi) is 3.28. The SMILES string of the molecule is O=C1CN(C(=O)c2ccoc2Br)CCCN1. The Morgan fingerprint density at radius 2 is 2.38 bits per heavy atom. The van der Waals surface area contributed by atoms with Gasteiger partial charge in [0, 0.05) is 13.1 Å². The number of carbonyl (C=O) groups is 2. The smallest absolute Gasteiger partial charge is 0.258 e. The van der Waals surface area contributed by atoms with Crippen LogP contribution in [0.1, 0.15) is 16.8 Å². The Balaban J connectivity index is 2.15. The average molecular weight is 287 g/mol. The van der Waals surface area contributed by atoms with Crippen molar-refractivity contribution in [1.82, 2.24) is 10.2 Å². The van der Waals surface area contributed by atoms with Crippen LogP contribution in [0.25, 0.3) is 0 Å². The van der Waals surface area contributed by atoms with E-state index in [1.165, 1.54) is 11.2 Å². The van der Waals surface area contributed by atoms with Gasteiger partial charge in [-0.2, -0.15) is 0 Å². The third-order valence-corrected chi connectivity index (χ3v) is 3.01. The molecule has 5 nitrogen and oxygen atoms in total. The molecule has 86 valence electrons. The van der Waals surface area contributed by atoms with Crippen LogP contribution in [0.2, 0.25) is 0 Å². The van der Waals surface area contributed by atoms with Crippen LogP contribution in [0.4, 0.5) is 0 Å². The predicted molar refractivity (Wildman–Crippen MR) is 59.9 cm³/mol. The lowest BCUT2D eigenvalue weighted by molar-refractivity contribution is -0.121. The third kappa shape index (κ3) is 2.27. The lowest BCUT2D eigenvalue weighted by atomic mass is 10.3. The largest absolute Gasteiger partial charge is 0.457 e. The molecule has 1 aromatic heterocycles. The van der Waals surface area contributed by atoms with Gasteiger partial charge in [-0.15, -0.1) is 0 Å². The van der Waals surface area contributed by atoms with E-state index in [0.29, 0.717) is 23.3 Å². The van der Waals surface area contributed by atoms with Crippen molar-refractivity contribution < 1.29 is 14.0 Å². The van der Waals surface area contributed by atoms with Gasteiger partial charge in [0.15, 0.2) is 4.67 Å². The number of nitrogens with one attached hydrogen (secondary N) is 1. The first kappa shape index (κ1) is 11.2. The van der Waals surface area contributed by atoms with Crippen molar-refractivity contribution in [3.05, 3.63) is 22.6 Å². The van der Waals surface area contributed by atoms with Crippen LogP contribution in [0.15, 0.2) is 21.4 Å². The highest BCUT2D eigenvalue weighted by Gasteiger charge is 2.23. The van der Waals surface area contributed by atoms with E-state index in [0.717, 1.165) is 6.42 Å². The molecule has 0 radical (unpaired) electrons. The fourth-order valence-corrected chi connectivity index (χ4v) is 2.01. The van der Waals surface area contributed by atoms with Crippen LogP contribution in [-0.2, 0) is 4.79 Å². The Bertz CT molecular complexity index is 416. The highest BCUT2D eigenvalue weighted by atomic mass is 79.9.